The van der Waals surface area contributed by atoms with Gasteiger partial charge >= 0.3 is 0 Å². The second kappa shape index (κ2) is 7.24. The van der Waals surface area contributed by atoms with E-state index in [0.29, 0.717) is 5.16 Å². The summed E-state index contributed by atoms with van der Waals surface area (Å²) in [6, 6.07) is 13.9. The van der Waals surface area contributed by atoms with Gasteiger partial charge in [-0.3, -0.25) is 4.79 Å². The van der Waals surface area contributed by atoms with Crippen LogP contribution < -0.4 is 0 Å². The Balaban J connectivity index is 1.67. The Hall–Kier alpha value is -2.93. The maximum Gasteiger partial charge on any atom is 0.214 e. The molecule has 7 heteroatoms. The van der Waals surface area contributed by atoms with Crippen LogP contribution in [0.15, 0.2) is 47.6 Å². The van der Waals surface area contributed by atoms with Crippen LogP contribution in [0.4, 0.5) is 0 Å². The van der Waals surface area contributed by atoms with Crippen LogP contribution in [0.2, 0.25) is 0 Å². The van der Waals surface area contributed by atoms with Gasteiger partial charge in [0, 0.05) is 22.2 Å². The third-order valence-electron chi connectivity index (χ3n) is 4.88. The van der Waals surface area contributed by atoms with Gasteiger partial charge in [-0.2, -0.15) is 4.68 Å². The molecule has 28 heavy (non-hydrogen) atoms. The molecule has 142 valence electrons. The van der Waals surface area contributed by atoms with E-state index in [-0.39, 0.29) is 11.0 Å². The van der Waals surface area contributed by atoms with Crippen molar-refractivity contribution < 1.29 is 4.79 Å². The van der Waals surface area contributed by atoms with Gasteiger partial charge < -0.3 is 4.98 Å². The summed E-state index contributed by atoms with van der Waals surface area (Å²) in [5.74, 6) is 0.0657. The zero-order valence-electron chi connectivity index (χ0n) is 16.2. The van der Waals surface area contributed by atoms with Gasteiger partial charge in [-0.1, -0.05) is 48.2 Å². The molecular formula is C21H21N5OS. The predicted molar refractivity (Wildman–Crippen MR) is 111 cm³/mol. The first-order valence-corrected chi connectivity index (χ1v) is 9.98. The van der Waals surface area contributed by atoms with Crippen LogP contribution in [0.3, 0.4) is 0 Å². The van der Waals surface area contributed by atoms with Crippen molar-refractivity contribution in [3.05, 3.63) is 64.8 Å². The topological polar surface area (TPSA) is 76.5 Å². The van der Waals surface area contributed by atoms with Crippen LogP contribution in [0, 0.1) is 20.8 Å². The smallest absolute Gasteiger partial charge is 0.214 e. The lowest BCUT2D eigenvalue weighted by atomic mass is 10.1. The van der Waals surface area contributed by atoms with Gasteiger partial charge in [0.1, 0.15) is 0 Å². The Morgan fingerprint density at radius 1 is 1.07 bits per heavy atom. The third kappa shape index (κ3) is 3.11. The number of hydrogen-bond acceptors (Lipinski definition) is 5. The number of carbonyl (C=O) groups excluding carboxylic acids is 1. The summed E-state index contributed by atoms with van der Waals surface area (Å²) in [4.78, 5) is 16.5. The molecule has 0 aliphatic carbocycles. The van der Waals surface area contributed by atoms with Crippen LogP contribution in [0.25, 0.3) is 16.6 Å². The van der Waals surface area contributed by atoms with E-state index in [0.717, 1.165) is 39.0 Å². The van der Waals surface area contributed by atoms with Crippen LogP contribution in [0.1, 0.15) is 34.1 Å². The first-order valence-electron chi connectivity index (χ1n) is 9.10. The molecule has 0 unspecified atom stereocenters. The zero-order valence-corrected chi connectivity index (χ0v) is 17.0. The molecule has 1 N–H and O–H groups in total. The summed E-state index contributed by atoms with van der Waals surface area (Å²) in [5, 5.41) is 13.4. The summed E-state index contributed by atoms with van der Waals surface area (Å²) in [7, 11) is 0. The number of Topliss-reactive ketones (excluding diaryl/α,β-unsaturated/α-hetero) is 1. The highest BCUT2D eigenvalue weighted by molar-refractivity contribution is 8.00. The standard InChI is InChI=1S/C21H21N5OS/c1-12-8-7-9-13(2)19(12)26-21(23-24-25-26)28-15(4)20(27)18-14(3)22-17-11-6-5-10-16(17)18/h5-11,15,22H,1-4H3/t15-/m0/s1. The fraction of sp³-hybridized carbons (Fsp3) is 0.238. The maximum absolute atomic E-state index is 13.2. The van der Waals surface area contributed by atoms with Crippen molar-refractivity contribution >= 4 is 28.4 Å². The molecule has 0 saturated carbocycles. The number of hydrogen-bond donors (Lipinski definition) is 1. The summed E-state index contributed by atoms with van der Waals surface area (Å²) < 4.78 is 1.72. The highest BCUT2D eigenvalue weighted by Gasteiger charge is 2.25. The Bertz CT molecular complexity index is 1160. The van der Waals surface area contributed by atoms with Gasteiger partial charge in [0.05, 0.1) is 10.9 Å². The Labute approximate surface area is 167 Å². The van der Waals surface area contributed by atoms with Crippen LogP contribution in [-0.2, 0) is 0 Å². The lowest BCUT2D eigenvalue weighted by Gasteiger charge is -2.13. The summed E-state index contributed by atoms with van der Waals surface area (Å²) in [6.07, 6.45) is 0. The minimum absolute atomic E-state index is 0.0657. The minimum Gasteiger partial charge on any atom is -0.358 e. The number of nitrogens with one attached hydrogen (secondary N) is 1. The lowest BCUT2D eigenvalue weighted by molar-refractivity contribution is 0.0995. The largest absolute Gasteiger partial charge is 0.358 e. The molecule has 0 spiro atoms. The quantitative estimate of drug-likeness (QED) is 0.402. The minimum atomic E-state index is -0.327. The fourth-order valence-electron chi connectivity index (χ4n) is 3.54. The van der Waals surface area contributed by atoms with Crippen molar-refractivity contribution in [2.75, 3.05) is 0 Å². The van der Waals surface area contributed by atoms with E-state index in [1.54, 1.807) is 4.68 Å². The molecular weight excluding hydrogens is 370 g/mol. The number of tetrazole rings is 1. The van der Waals surface area contributed by atoms with Crippen molar-refractivity contribution in [2.45, 2.75) is 38.1 Å². The molecule has 4 aromatic rings. The molecule has 6 nitrogen and oxygen atoms in total. The maximum atomic E-state index is 13.2. The first-order chi connectivity index (χ1) is 13.5. The van der Waals surface area contributed by atoms with E-state index in [9.17, 15) is 4.79 Å². The number of rotatable bonds is 5. The second-order valence-electron chi connectivity index (χ2n) is 6.91. The molecule has 2 heterocycles. The number of H-pyrrole nitrogens is 1. The molecule has 0 bridgehead atoms. The van der Waals surface area contributed by atoms with Crippen LogP contribution in [0.5, 0.6) is 0 Å². The van der Waals surface area contributed by atoms with Crippen LogP contribution in [-0.4, -0.2) is 36.2 Å². The Morgan fingerprint density at radius 3 is 2.54 bits per heavy atom. The van der Waals surface area contributed by atoms with Gasteiger partial charge in [0.25, 0.3) is 0 Å². The number of ketones is 1. The fourth-order valence-corrected chi connectivity index (χ4v) is 4.39. The molecule has 0 aliphatic rings. The van der Waals surface area contributed by atoms with E-state index in [1.807, 2.05) is 70.2 Å². The number of aromatic amines is 1. The van der Waals surface area contributed by atoms with E-state index < -0.39 is 0 Å². The number of para-hydroxylation sites is 2. The number of carbonyl (C=O) groups is 1. The molecule has 0 amide bonds. The third-order valence-corrected chi connectivity index (χ3v) is 5.92. The van der Waals surface area contributed by atoms with Crippen molar-refractivity contribution in [1.29, 1.82) is 0 Å². The first kappa shape index (κ1) is 18.4. The number of fused-ring (bicyclic) bond motifs is 1. The van der Waals surface area contributed by atoms with Crippen molar-refractivity contribution in [3.63, 3.8) is 0 Å². The zero-order chi connectivity index (χ0) is 19.8. The van der Waals surface area contributed by atoms with Gasteiger partial charge in [-0.15, -0.1) is 5.10 Å². The SMILES string of the molecule is Cc1cccc(C)c1-n1nnnc1S[C@@H](C)C(=O)c1c(C)[nH]c2ccccc12. The molecule has 4 rings (SSSR count). The van der Waals surface area contributed by atoms with E-state index in [4.69, 9.17) is 0 Å². The number of aryl methyl sites for hydroxylation is 3. The Morgan fingerprint density at radius 2 is 1.79 bits per heavy atom. The Kier molecular flexibility index (Phi) is 4.77. The molecule has 2 aromatic carbocycles. The highest BCUT2D eigenvalue weighted by atomic mass is 32.2. The monoisotopic (exact) mass is 391 g/mol. The van der Waals surface area contributed by atoms with E-state index >= 15 is 0 Å². The highest BCUT2D eigenvalue weighted by Crippen LogP contribution is 2.30. The van der Waals surface area contributed by atoms with Crippen molar-refractivity contribution in [2.24, 2.45) is 0 Å². The normalized spacial score (nSPS) is 12.4. The molecule has 0 radical (unpaired) electrons. The lowest BCUT2D eigenvalue weighted by Crippen LogP contribution is -2.16. The number of nitrogens with zero attached hydrogens (tertiary/aromatic N) is 4. The second-order valence-corrected chi connectivity index (χ2v) is 8.22. The van der Waals surface area contributed by atoms with Crippen molar-refractivity contribution in [1.82, 2.24) is 25.2 Å². The van der Waals surface area contributed by atoms with Gasteiger partial charge in [0.15, 0.2) is 5.78 Å². The average Bonchev–Trinajstić information content (AvgIpc) is 3.24. The predicted octanol–water partition coefficient (Wildman–Crippen LogP) is 4.43. The van der Waals surface area contributed by atoms with Gasteiger partial charge in [-0.05, 0) is 55.3 Å². The van der Waals surface area contributed by atoms with Crippen LogP contribution >= 0.6 is 11.8 Å². The molecule has 0 aliphatic heterocycles. The number of aromatic nitrogens is 5. The molecule has 0 fully saturated rings. The molecule has 0 saturated heterocycles. The summed E-state index contributed by atoms with van der Waals surface area (Å²) in [6.45, 7) is 7.90. The summed E-state index contributed by atoms with van der Waals surface area (Å²) in [5.41, 5.74) is 5.72. The number of thioether (sulfide) groups is 1. The molecule has 2 aromatic heterocycles. The van der Waals surface area contributed by atoms with Gasteiger partial charge in [0.2, 0.25) is 5.16 Å². The van der Waals surface area contributed by atoms with E-state index in [1.165, 1.54) is 11.8 Å². The van der Waals surface area contributed by atoms with Gasteiger partial charge in [-0.25, -0.2) is 0 Å². The van der Waals surface area contributed by atoms with Crippen molar-refractivity contribution in [3.8, 4) is 5.69 Å². The average molecular weight is 392 g/mol. The number of benzene rings is 2. The van der Waals surface area contributed by atoms with E-state index in [2.05, 4.69) is 20.5 Å². The molecule has 1 atom stereocenters. The summed E-state index contributed by atoms with van der Waals surface area (Å²) >= 11 is 1.38.